The molecule has 0 atom stereocenters. The van der Waals surface area contributed by atoms with Crippen LogP contribution < -0.4 is 0 Å². The highest BCUT2D eigenvalue weighted by Gasteiger charge is 2.15. The number of benzene rings is 3. The number of para-hydroxylation sites is 2. The largest absolute Gasteiger partial charge is 0.455 e. The molecule has 0 unspecified atom stereocenters. The molecule has 0 fully saturated rings. The summed E-state index contributed by atoms with van der Waals surface area (Å²) in [7, 11) is 0. The van der Waals surface area contributed by atoms with Crippen LogP contribution in [0.5, 0.6) is 0 Å². The van der Waals surface area contributed by atoms with Gasteiger partial charge in [0.25, 0.3) is 0 Å². The van der Waals surface area contributed by atoms with Gasteiger partial charge in [-0.2, -0.15) is 0 Å². The first-order valence-electron chi connectivity index (χ1n) is 10.1. The molecule has 144 valence electrons. The number of hydrogen-bond donors (Lipinski definition) is 0. The SMILES string of the molecule is Cc1cccc(C)c1-c1cc2cc(-c3cccc4c3oc3ccccc34)ncc2o1. The minimum absolute atomic E-state index is 0.785. The zero-order valence-electron chi connectivity index (χ0n) is 16.8. The molecule has 0 spiro atoms. The zero-order chi connectivity index (χ0) is 20.2. The molecular formula is C27H19NO2. The lowest BCUT2D eigenvalue weighted by molar-refractivity contribution is 0.629. The van der Waals surface area contributed by atoms with Gasteiger partial charge in [-0.25, -0.2) is 0 Å². The molecule has 3 aromatic heterocycles. The molecule has 0 radical (unpaired) electrons. The van der Waals surface area contributed by atoms with E-state index in [2.05, 4.69) is 68.4 Å². The first kappa shape index (κ1) is 17.0. The number of pyridine rings is 1. The van der Waals surface area contributed by atoms with Gasteiger partial charge in [-0.05, 0) is 49.2 Å². The van der Waals surface area contributed by atoms with Gasteiger partial charge in [0, 0.05) is 27.3 Å². The van der Waals surface area contributed by atoms with Gasteiger partial charge in [-0.15, -0.1) is 0 Å². The molecule has 0 bridgehead atoms. The molecule has 0 N–H and O–H groups in total. The number of aromatic nitrogens is 1. The normalized spacial score (nSPS) is 11.7. The van der Waals surface area contributed by atoms with Crippen LogP contribution in [0.2, 0.25) is 0 Å². The summed E-state index contributed by atoms with van der Waals surface area (Å²) in [4.78, 5) is 4.70. The van der Waals surface area contributed by atoms with E-state index < -0.39 is 0 Å². The minimum atomic E-state index is 0.785. The van der Waals surface area contributed by atoms with Crippen LogP contribution in [0.3, 0.4) is 0 Å². The van der Waals surface area contributed by atoms with Crippen molar-refractivity contribution in [2.75, 3.05) is 0 Å². The van der Waals surface area contributed by atoms with Crippen LogP contribution in [-0.4, -0.2) is 4.98 Å². The van der Waals surface area contributed by atoms with Gasteiger partial charge in [0.1, 0.15) is 16.9 Å². The van der Waals surface area contributed by atoms with Crippen LogP contribution in [0.15, 0.2) is 87.8 Å². The first-order valence-corrected chi connectivity index (χ1v) is 10.1. The molecule has 3 heteroatoms. The molecule has 0 amide bonds. The van der Waals surface area contributed by atoms with E-state index in [0.29, 0.717) is 0 Å². The van der Waals surface area contributed by atoms with Crippen molar-refractivity contribution in [3.63, 3.8) is 0 Å². The van der Waals surface area contributed by atoms with Crippen LogP contribution in [0.4, 0.5) is 0 Å². The lowest BCUT2D eigenvalue weighted by Gasteiger charge is -2.05. The maximum atomic E-state index is 6.19. The molecule has 30 heavy (non-hydrogen) atoms. The van der Waals surface area contributed by atoms with Crippen LogP contribution in [-0.2, 0) is 0 Å². The van der Waals surface area contributed by atoms with E-state index in [-0.39, 0.29) is 0 Å². The van der Waals surface area contributed by atoms with Crippen molar-refractivity contribution in [3.8, 4) is 22.6 Å². The Kier molecular flexibility index (Phi) is 3.59. The van der Waals surface area contributed by atoms with E-state index in [1.54, 1.807) is 0 Å². The molecule has 0 aliphatic heterocycles. The molecule has 6 rings (SSSR count). The van der Waals surface area contributed by atoms with Gasteiger partial charge in [-0.3, -0.25) is 4.98 Å². The second kappa shape index (κ2) is 6.33. The summed E-state index contributed by atoms with van der Waals surface area (Å²) < 4.78 is 12.3. The summed E-state index contributed by atoms with van der Waals surface area (Å²) in [5, 5.41) is 3.26. The topological polar surface area (TPSA) is 39.2 Å². The van der Waals surface area contributed by atoms with Gasteiger partial charge < -0.3 is 8.83 Å². The van der Waals surface area contributed by atoms with E-state index in [4.69, 9.17) is 13.8 Å². The summed E-state index contributed by atoms with van der Waals surface area (Å²) in [6.45, 7) is 4.23. The lowest BCUT2D eigenvalue weighted by atomic mass is 10.0. The van der Waals surface area contributed by atoms with Crippen LogP contribution in [0.25, 0.3) is 55.5 Å². The van der Waals surface area contributed by atoms with Crippen molar-refractivity contribution in [3.05, 3.63) is 90.1 Å². The second-order valence-corrected chi connectivity index (χ2v) is 7.77. The van der Waals surface area contributed by atoms with Crippen molar-refractivity contribution in [2.24, 2.45) is 0 Å². The summed E-state index contributed by atoms with van der Waals surface area (Å²) in [6.07, 6.45) is 1.81. The van der Waals surface area contributed by atoms with Crippen molar-refractivity contribution in [1.29, 1.82) is 0 Å². The average Bonchev–Trinajstić information content (AvgIpc) is 3.34. The third-order valence-corrected chi connectivity index (χ3v) is 5.81. The molecule has 0 aliphatic carbocycles. The van der Waals surface area contributed by atoms with Crippen molar-refractivity contribution in [2.45, 2.75) is 13.8 Å². The fraction of sp³-hybridized carbons (Fsp3) is 0.0741. The zero-order valence-corrected chi connectivity index (χ0v) is 16.8. The van der Waals surface area contributed by atoms with E-state index in [1.165, 1.54) is 11.1 Å². The molecule has 0 saturated heterocycles. The fourth-order valence-electron chi connectivity index (χ4n) is 4.37. The standard InChI is InChI=1S/C27H19NO2/c1-16-7-5-8-17(2)26(16)24-14-18-13-22(28-15-25(18)29-24)21-11-6-10-20-19-9-3-4-12-23(19)30-27(20)21/h3-15H,1-2H3. The Hall–Kier alpha value is -3.85. The van der Waals surface area contributed by atoms with Crippen LogP contribution in [0.1, 0.15) is 11.1 Å². The van der Waals surface area contributed by atoms with E-state index >= 15 is 0 Å². The Morgan fingerprint density at radius 1 is 0.700 bits per heavy atom. The Bertz CT molecular complexity index is 1550. The number of aryl methyl sites for hydroxylation is 2. The lowest BCUT2D eigenvalue weighted by Crippen LogP contribution is -1.85. The molecule has 3 aromatic carbocycles. The van der Waals surface area contributed by atoms with Crippen LogP contribution in [0, 0.1) is 13.8 Å². The predicted molar refractivity (Wildman–Crippen MR) is 122 cm³/mol. The second-order valence-electron chi connectivity index (χ2n) is 7.77. The quantitative estimate of drug-likeness (QED) is 0.305. The monoisotopic (exact) mass is 389 g/mol. The molecular weight excluding hydrogens is 370 g/mol. The highest BCUT2D eigenvalue weighted by molar-refractivity contribution is 6.09. The van der Waals surface area contributed by atoms with Gasteiger partial charge in [0.05, 0.1) is 11.9 Å². The molecule has 6 aromatic rings. The Morgan fingerprint density at radius 2 is 1.47 bits per heavy atom. The van der Waals surface area contributed by atoms with E-state index in [9.17, 15) is 0 Å². The highest BCUT2D eigenvalue weighted by Crippen LogP contribution is 2.37. The van der Waals surface area contributed by atoms with Gasteiger partial charge in [0.2, 0.25) is 0 Å². The van der Waals surface area contributed by atoms with Crippen molar-refractivity contribution >= 4 is 32.9 Å². The molecule has 3 heterocycles. The summed E-state index contributed by atoms with van der Waals surface area (Å²) >= 11 is 0. The first-order chi connectivity index (χ1) is 14.7. The fourth-order valence-corrected chi connectivity index (χ4v) is 4.37. The number of rotatable bonds is 2. The summed E-state index contributed by atoms with van der Waals surface area (Å²) in [6, 6.07) is 24.8. The number of furan rings is 2. The summed E-state index contributed by atoms with van der Waals surface area (Å²) in [5.74, 6) is 0.876. The van der Waals surface area contributed by atoms with Crippen molar-refractivity contribution in [1.82, 2.24) is 4.98 Å². The van der Waals surface area contributed by atoms with E-state index in [1.807, 2.05) is 24.4 Å². The maximum Gasteiger partial charge on any atom is 0.153 e. The Labute approximate surface area is 173 Å². The van der Waals surface area contributed by atoms with Crippen LogP contribution >= 0.6 is 0 Å². The molecule has 3 nitrogen and oxygen atoms in total. The third kappa shape index (κ3) is 2.49. The Balaban J connectivity index is 1.54. The average molecular weight is 389 g/mol. The van der Waals surface area contributed by atoms with Gasteiger partial charge in [-0.1, -0.05) is 48.5 Å². The predicted octanol–water partition coefficient (Wildman–Crippen LogP) is 7.68. The number of fused-ring (bicyclic) bond motifs is 4. The minimum Gasteiger partial charge on any atom is -0.455 e. The van der Waals surface area contributed by atoms with Gasteiger partial charge >= 0.3 is 0 Å². The van der Waals surface area contributed by atoms with Crippen molar-refractivity contribution < 1.29 is 8.83 Å². The highest BCUT2D eigenvalue weighted by atomic mass is 16.3. The van der Waals surface area contributed by atoms with Gasteiger partial charge in [0.15, 0.2) is 5.58 Å². The maximum absolute atomic E-state index is 6.19. The summed E-state index contributed by atoms with van der Waals surface area (Å²) in [5.41, 5.74) is 7.96. The third-order valence-electron chi connectivity index (χ3n) is 5.81. The molecule has 0 saturated carbocycles. The smallest absolute Gasteiger partial charge is 0.153 e. The number of nitrogens with zero attached hydrogens (tertiary/aromatic N) is 1. The number of hydrogen-bond acceptors (Lipinski definition) is 3. The van der Waals surface area contributed by atoms with E-state index in [0.717, 1.165) is 55.5 Å². The molecule has 0 aliphatic rings. The Morgan fingerprint density at radius 3 is 2.33 bits per heavy atom.